The SMILES string of the molecule is Cc1cccc(CNC(=O)CCNc2c(F)cccc2F)c1. The van der Waals surface area contributed by atoms with E-state index >= 15 is 0 Å². The average molecular weight is 304 g/mol. The van der Waals surface area contributed by atoms with E-state index in [0.29, 0.717) is 6.54 Å². The summed E-state index contributed by atoms with van der Waals surface area (Å²) in [7, 11) is 0. The fraction of sp³-hybridized carbons (Fsp3) is 0.235. The average Bonchev–Trinajstić information content (AvgIpc) is 2.48. The standard InChI is InChI=1S/C17H18F2N2O/c1-12-4-2-5-13(10-12)11-21-16(22)8-9-20-17-14(18)6-3-7-15(17)19/h2-7,10,20H,8-9,11H2,1H3,(H,21,22). The van der Waals surface area contributed by atoms with Gasteiger partial charge in [-0.3, -0.25) is 4.79 Å². The molecule has 0 aliphatic carbocycles. The summed E-state index contributed by atoms with van der Waals surface area (Å²) >= 11 is 0. The highest BCUT2D eigenvalue weighted by Gasteiger charge is 2.08. The first-order chi connectivity index (χ1) is 10.6. The molecule has 0 fully saturated rings. The maximum atomic E-state index is 13.4. The van der Waals surface area contributed by atoms with E-state index in [4.69, 9.17) is 0 Å². The van der Waals surface area contributed by atoms with Gasteiger partial charge in [0.2, 0.25) is 5.91 Å². The van der Waals surface area contributed by atoms with Crippen LogP contribution in [0.25, 0.3) is 0 Å². The molecule has 0 unspecified atom stereocenters. The Morgan fingerprint density at radius 2 is 1.77 bits per heavy atom. The molecule has 0 aliphatic heterocycles. The van der Waals surface area contributed by atoms with Crippen LogP contribution < -0.4 is 10.6 Å². The lowest BCUT2D eigenvalue weighted by Gasteiger charge is -2.09. The Balaban J connectivity index is 1.76. The summed E-state index contributed by atoms with van der Waals surface area (Å²) in [5, 5.41) is 5.38. The third-order valence-electron chi connectivity index (χ3n) is 3.19. The minimum atomic E-state index is -0.667. The predicted molar refractivity (Wildman–Crippen MR) is 82.5 cm³/mol. The number of anilines is 1. The van der Waals surface area contributed by atoms with Crippen LogP contribution in [0.4, 0.5) is 14.5 Å². The summed E-state index contributed by atoms with van der Waals surface area (Å²) in [6.07, 6.45) is 0.138. The lowest BCUT2D eigenvalue weighted by Crippen LogP contribution is -2.25. The third-order valence-corrected chi connectivity index (χ3v) is 3.19. The zero-order chi connectivity index (χ0) is 15.9. The summed E-state index contributed by atoms with van der Waals surface area (Å²) in [5.74, 6) is -1.51. The summed E-state index contributed by atoms with van der Waals surface area (Å²) in [5.41, 5.74) is 1.94. The molecule has 2 N–H and O–H groups in total. The first kappa shape index (κ1) is 15.9. The number of rotatable bonds is 6. The Morgan fingerprint density at radius 3 is 2.45 bits per heavy atom. The maximum absolute atomic E-state index is 13.4. The molecule has 0 saturated heterocycles. The van der Waals surface area contributed by atoms with Crippen molar-refractivity contribution < 1.29 is 13.6 Å². The number of aryl methyl sites for hydroxylation is 1. The first-order valence-corrected chi connectivity index (χ1v) is 7.06. The molecule has 0 atom stereocenters. The molecule has 0 radical (unpaired) electrons. The van der Waals surface area contributed by atoms with E-state index in [1.165, 1.54) is 18.2 Å². The molecule has 116 valence electrons. The van der Waals surface area contributed by atoms with Gasteiger partial charge in [0.1, 0.15) is 17.3 Å². The van der Waals surface area contributed by atoms with Gasteiger partial charge in [0.25, 0.3) is 0 Å². The van der Waals surface area contributed by atoms with Gasteiger partial charge in [0, 0.05) is 19.5 Å². The number of amides is 1. The van der Waals surface area contributed by atoms with Crippen molar-refractivity contribution in [1.82, 2.24) is 5.32 Å². The van der Waals surface area contributed by atoms with Crippen LogP contribution in [-0.4, -0.2) is 12.5 Å². The molecule has 1 amide bonds. The number of carbonyl (C=O) groups is 1. The minimum Gasteiger partial charge on any atom is -0.380 e. The quantitative estimate of drug-likeness (QED) is 0.859. The Hall–Kier alpha value is -2.43. The van der Waals surface area contributed by atoms with Crippen molar-refractivity contribution in [3.8, 4) is 0 Å². The van der Waals surface area contributed by atoms with Crippen molar-refractivity contribution in [3.63, 3.8) is 0 Å². The van der Waals surface area contributed by atoms with E-state index < -0.39 is 11.6 Å². The van der Waals surface area contributed by atoms with Crippen LogP contribution >= 0.6 is 0 Å². The molecule has 0 aliphatic rings. The van der Waals surface area contributed by atoms with Crippen LogP contribution in [0.5, 0.6) is 0 Å². The number of para-hydroxylation sites is 1. The Labute approximate surface area is 128 Å². The lowest BCUT2D eigenvalue weighted by atomic mass is 10.1. The fourth-order valence-electron chi connectivity index (χ4n) is 2.08. The van der Waals surface area contributed by atoms with Crippen LogP contribution in [0, 0.1) is 18.6 Å². The van der Waals surface area contributed by atoms with E-state index in [0.717, 1.165) is 11.1 Å². The maximum Gasteiger partial charge on any atom is 0.222 e. The smallest absolute Gasteiger partial charge is 0.222 e. The van der Waals surface area contributed by atoms with E-state index in [2.05, 4.69) is 10.6 Å². The first-order valence-electron chi connectivity index (χ1n) is 7.06. The van der Waals surface area contributed by atoms with Gasteiger partial charge >= 0.3 is 0 Å². The molecule has 3 nitrogen and oxygen atoms in total. The Bertz CT molecular complexity index is 639. The van der Waals surface area contributed by atoms with Gasteiger partial charge in [-0.15, -0.1) is 0 Å². The summed E-state index contributed by atoms with van der Waals surface area (Å²) in [4.78, 5) is 11.7. The molecule has 0 spiro atoms. The zero-order valence-electron chi connectivity index (χ0n) is 12.3. The van der Waals surface area contributed by atoms with Crippen molar-refractivity contribution in [3.05, 3.63) is 65.2 Å². The van der Waals surface area contributed by atoms with Gasteiger partial charge in [0.15, 0.2) is 0 Å². The second-order valence-corrected chi connectivity index (χ2v) is 5.04. The van der Waals surface area contributed by atoms with Gasteiger partial charge in [0.05, 0.1) is 0 Å². The third kappa shape index (κ3) is 4.55. The van der Waals surface area contributed by atoms with E-state index in [9.17, 15) is 13.6 Å². The van der Waals surface area contributed by atoms with Gasteiger partial charge in [-0.05, 0) is 24.6 Å². The van der Waals surface area contributed by atoms with Gasteiger partial charge in [-0.2, -0.15) is 0 Å². The Kier molecular flexibility index (Phi) is 5.47. The van der Waals surface area contributed by atoms with E-state index in [-0.39, 0.29) is 24.6 Å². The van der Waals surface area contributed by atoms with Crippen LogP contribution in [0.2, 0.25) is 0 Å². The molecule has 22 heavy (non-hydrogen) atoms. The number of hydrogen-bond donors (Lipinski definition) is 2. The van der Waals surface area contributed by atoms with Gasteiger partial charge in [-0.1, -0.05) is 35.9 Å². The van der Waals surface area contributed by atoms with Crippen molar-refractivity contribution in [2.24, 2.45) is 0 Å². The molecule has 2 rings (SSSR count). The van der Waals surface area contributed by atoms with Crippen molar-refractivity contribution in [2.75, 3.05) is 11.9 Å². The topological polar surface area (TPSA) is 41.1 Å². The van der Waals surface area contributed by atoms with Crippen LogP contribution in [-0.2, 0) is 11.3 Å². The van der Waals surface area contributed by atoms with Crippen molar-refractivity contribution in [2.45, 2.75) is 19.9 Å². The highest BCUT2D eigenvalue weighted by molar-refractivity contribution is 5.76. The molecule has 0 bridgehead atoms. The monoisotopic (exact) mass is 304 g/mol. The van der Waals surface area contributed by atoms with Crippen LogP contribution in [0.3, 0.4) is 0 Å². The number of hydrogen-bond acceptors (Lipinski definition) is 2. The summed E-state index contributed by atoms with van der Waals surface area (Å²) in [6.45, 7) is 2.59. The Morgan fingerprint density at radius 1 is 1.09 bits per heavy atom. The molecule has 0 heterocycles. The molecule has 0 aromatic heterocycles. The molecule has 2 aromatic rings. The zero-order valence-corrected chi connectivity index (χ0v) is 12.3. The molecule has 0 saturated carbocycles. The van der Waals surface area contributed by atoms with Gasteiger partial charge in [-0.25, -0.2) is 8.78 Å². The second kappa shape index (κ2) is 7.54. The largest absolute Gasteiger partial charge is 0.380 e. The predicted octanol–water partition coefficient (Wildman–Crippen LogP) is 3.39. The molecular formula is C17H18F2N2O. The second-order valence-electron chi connectivity index (χ2n) is 5.04. The number of benzene rings is 2. The number of carbonyl (C=O) groups excluding carboxylic acids is 1. The van der Waals surface area contributed by atoms with E-state index in [1.807, 2.05) is 31.2 Å². The molecule has 2 aromatic carbocycles. The normalized spacial score (nSPS) is 10.3. The molecule has 5 heteroatoms. The van der Waals surface area contributed by atoms with Crippen molar-refractivity contribution >= 4 is 11.6 Å². The number of nitrogens with one attached hydrogen (secondary N) is 2. The highest BCUT2D eigenvalue weighted by Crippen LogP contribution is 2.17. The van der Waals surface area contributed by atoms with Crippen LogP contribution in [0.1, 0.15) is 17.5 Å². The number of halogens is 2. The van der Waals surface area contributed by atoms with Gasteiger partial charge < -0.3 is 10.6 Å². The summed E-state index contributed by atoms with van der Waals surface area (Å²) in [6, 6.07) is 11.5. The molecular weight excluding hydrogens is 286 g/mol. The van der Waals surface area contributed by atoms with E-state index in [1.54, 1.807) is 0 Å². The highest BCUT2D eigenvalue weighted by atomic mass is 19.1. The minimum absolute atomic E-state index is 0.138. The van der Waals surface area contributed by atoms with Crippen LogP contribution in [0.15, 0.2) is 42.5 Å². The van der Waals surface area contributed by atoms with Crippen molar-refractivity contribution in [1.29, 1.82) is 0 Å². The summed E-state index contributed by atoms with van der Waals surface area (Å²) < 4.78 is 26.8. The fourth-order valence-corrected chi connectivity index (χ4v) is 2.08. The lowest BCUT2D eigenvalue weighted by molar-refractivity contribution is -0.121.